The zero-order valence-corrected chi connectivity index (χ0v) is 14.2. The minimum absolute atomic E-state index is 0.0999. The minimum atomic E-state index is -3.61. The van der Waals surface area contributed by atoms with E-state index >= 15 is 0 Å². The summed E-state index contributed by atoms with van der Waals surface area (Å²) in [7, 11) is 0.175. The second-order valence-corrected chi connectivity index (χ2v) is 7.37. The lowest BCUT2D eigenvalue weighted by molar-refractivity contribution is -0.119. The van der Waals surface area contributed by atoms with Crippen LogP contribution >= 0.6 is 0 Å². The van der Waals surface area contributed by atoms with Crippen LogP contribution in [0.4, 0.5) is 5.69 Å². The lowest BCUT2D eigenvalue weighted by Gasteiger charge is -2.22. The van der Waals surface area contributed by atoms with Gasteiger partial charge in [0.15, 0.2) is 11.5 Å². The molecule has 0 spiro atoms. The van der Waals surface area contributed by atoms with Crippen LogP contribution in [0.25, 0.3) is 0 Å². The molecule has 0 aromatic heterocycles. The Morgan fingerprint density at radius 3 is 2.61 bits per heavy atom. The van der Waals surface area contributed by atoms with Crippen molar-refractivity contribution in [3.05, 3.63) is 18.2 Å². The molecule has 1 heterocycles. The highest BCUT2D eigenvalue weighted by atomic mass is 32.2. The summed E-state index contributed by atoms with van der Waals surface area (Å²) in [6, 6.07) is 4.76. The Morgan fingerprint density at radius 1 is 1.26 bits per heavy atom. The molecule has 0 bridgehead atoms. The van der Waals surface area contributed by atoms with Crippen LogP contribution in [0.3, 0.4) is 0 Å². The molecule has 128 valence electrons. The molecule has 8 nitrogen and oxygen atoms in total. The molecule has 1 N–H and O–H groups in total. The molecule has 0 atom stereocenters. The highest BCUT2D eigenvalue weighted by Crippen LogP contribution is 2.35. The van der Waals surface area contributed by atoms with E-state index in [1.165, 1.54) is 0 Å². The Labute approximate surface area is 136 Å². The number of hydrogen-bond acceptors (Lipinski definition) is 6. The van der Waals surface area contributed by atoms with Crippen LogP contribution in [-0.4, -0.2) is 66.0 Å². The predicted molar refractivity (Wildman–Crippen MR) is 86.3 cm³/mol. The maximum absolute atomic E-state index is 12.0. The standard InChI is InChI=1S/C14H21N3O5S/c1-16(2)7-6-15-14(18)9-17(23(3,19)20)11-4-5-12-13(8-11)22-10-21-12/h4-5,8H,6-7,9-10H2,1-3H3,(H,15,18). The fraction of sp³-hybridized carbons (Fsp3) is 0.500. The van der Waals surface area contributed by atoms with E-state index in [2.05, 4.69) is 5.32 Å². The predicted octanol–water partition coefficient (Wildman–Crippen LogP) is -0.141. The van der Waals surface area contributed by atoms with Crippen molar-refractivity contribution >= 4 is 21.6 Å². The van der Waals surface area contributed by atoms with Gasteiger partial charge in [-0.15, -0.1) is 0 Å². The maximum Gasteiger partial charge on any atom is 0.240 e. The number of sulfonamides is 1. The first-order valence-electron chi connectivity index (χ1n) is 7.06. The van der Waals surface area contributed by atoms with Gasteiger partial charge >= 0.3 is 0 Å². The number of carbonyl (C=O) groups excluding carboxylic acids is 1. The molecule has 0 fully saturated rings. The van der Waals surface area contributed by atoms with Crippen LogP contribution in [0.5, 0.6) is 11.5 Å². The third kappa shape index (κ3) is 4.73. The van der Waals surface area contributed by atoms with Gasteiger partial charge in [-0.3, -0.25) is 9.10 Å². The summed E-state index contributed by atoms with van der Waals surface area (Å²) in [6.45, 7) is 0.938. The molecule has 2 rings (SSSR count). The van der Waals surface area contributed by atoms with Crippen molar-refractivity contribution in [2.24, 2.45) is 0 Å². The van der Waals surface area contributed by atoms with Crippen molar-refractivity contribution in [1.82, 2.24) is 10.2 Å². The van der Waals surface area contributed by atoms with Gasteiger partial charge in [0.2, 0.25) is 22.7 Å². The Kier molecular flexibility index (Phi) is 5.32. The van der Waals surface area contributed by atoms with E-state index in [0.29, 0.717) is 30.3 Å². The quantitative estimate of drug-likeness (QED) is 0.741. The number of benzene rings is 1. The Hall–Kier alpha value is -2.00. The highest BCUT2D eigenvalue weighted by molar-refractivity contribution is 7.92. The molecular weight excluding hydrogens is 322 g/mol. The van der Waals surface area contributed by atoms with Crippen LogP contribution in [0.2, 0.25) is 0 Å². The third-order valence-electron chi connectivity index (χ3n) is 3.21. The van der Waals surface area contributed by atoms with Crippen molar-refractivity contribution in [2.75, 3.05) is 51.1 Å². The number of nitrogens with one attached hydrogen (secondary N) is 1. The molecule has 1 aliphatic rings. The van der Waals surface area contributed by atoms with Gasteiger partial charge in [-0.05, 0) is 26.2 Å². The minimum Gasteiger partial charge on any atom is -0.454 e. The lowest BCUT2D eigenvalue weighted by Crippen LogP contribution is -2.42. The number of rotatable bonds is 7. The van der Waals surface area contributed by atoms with Gasteiger partial charge in [-0.2, -0.15) is 0 Å². The Morgan fingerprint density at radius 2 is 1.96 bits per heavy atom. The Balaban J connectivity index is 2.10. The average molecular weight is 343 g/mol. The number of carbonyl (C=O) groups is 1. The van der Waals surface area contributed by atoms with Crippen LogP contribution in [0, 0.1) is 0 Å². The molecule has 1 amide bonds. The normalized spacial score (nSPS) is 13.2. The summed E-state index contributed by atoms with van der Waals surface area (Å²) >= 11 is 0. The first-order valence-corrected chi connectivity index (χ1v) is 8.91. The van der Waals surface area contributed by atoms with Gasteiger partial charge in [-0.1, -0.05) is 0 Å². The zero-order chi connectivity index (χ0) is 17.0. The van der Waals surface area contributed by atoms with E-state index in [1.807, 2.05) is 19.0 Å². The summed E-state index contributed by atoms with van der Waals surface area (Å²) in [4.78, 5) is 13.9. The molecule has 23 heavy (non-hydrogen) atoms. The first-order chi connectivity index (χ1) is 10.8. The van der Waals surface area contributed by atoms with Crippen molar-refractivity contribution in [1.29, 1.82) is 0 Å². The first kappa shape index (κ1) is 17.4. The monoisotopic (exact) mass is 343 g/mol. The molecule has 0 unspecified atom stereocenters. The number of hydrogen-bond donors (Lipinski definition) is 1. The molecule has 1 aromatic carbocycles. The van der Waals surface area contributed by atoms with E-state index < -0.39 is 10.0 Å². The Bertz CT molecular complexity index is 675. The van der Waals surface area contributed by atoms with Crippen LogP contribution in [-0.2, 0) is 14.8 Å². The van der Waals surface area contributed by atoms with E-state index in [1.54, 1.807) is 18.2 Å². The summed E-state index contributed by atoms with van der Waals surface area (Å²) in [5.74, 6) is 0.650. The lowest BCUT2D eigenvalue weighted by atomic mass is 10.3. The largest absolute Gasteiger partial charge is 0.454 e. The molecule has 1 aliphatic heterocycles. The summed E-state index contributed by atoms with van der Waals surface area (Å²) in [6.07, 6.45) is 1.06. The smallest absolute Gasteiger partial charge is 0.240 e. The van der Waals surface area contributed by atoms with Crippen molar-refractivity contribution < 1.29 is 22.7 Å². The van der Waals surface area contributed by atoms with Crippen LogP contribution in [0.1, 0.15) is 0 Å². The average Bonchev–Trinajstić information content (AvgIpc) is 2.90. The number of amides is 1. The fourth-order valence-electron chi connectivity index (χ4n) is 2.05. The molecular formula is C14H21N3O5S. The third-order valence-corrected chi connectivity index (χ3v) is 4.35. The van der Waals surface area contributed by atoms with Gasteiger partial charge in [-0.25, -0.2) is 8.42 Å². The molecule has 1 aromatic rings. The van der Waals surface area contributed by atoms with E-state index in [0.717, 1.165) is 10.6 Å². The molecule has 0 saturated carbocycles. The molecule has 0 aliphatic carbocycles. The SMILES string of the molecule is CN(C)CCNC(=O)CN(c1ccc2c(c1)OCO2)S(C)(=O)=O. The van der Waals surface area contributed by atoms with Crippen molar-refractivity contribution in [2.45, 2.75) is 0 Å². The number of anilines is 1. The topological polar surface area (TPSA) is 88.2 Å². The summed E-state index contributed by atoms with van der Waals surface area (Å²) in [5.41, 5.74) is 0.361. The number of ether oxygens (including phenoxy) is 2. The highest BCUT2D eigenvalue weighted by Gasteiger charge is 2.23. The molecule has 0 radical (unpaired) electrons. The zero-order valence-electron chi connectivity index (χ0n) is 13.4. The van der Waals surface area contributed by atoms with Gasteiger partial charge in [0.1, 0.15) is 6.54 Å². The van der Waals surface area contributed by atoms with E-state index in [9.17, 15) is 13.2 Å². The van der Waals surface area contributed by atoms with Gasteiger partial charge in [0, 0.05) is 19.2 Å². The van der Waals surface area contributed by atoms with Crippen molar-refractivity contribution in [3.8, 4) is 11.5 Å². The van der Waals surface area contributed by atoms with E-state index in [4.69, 9.17) is 9.47 Å². The number of nitrogens with zero attached hydrogens (tertiary/aromatic N) is 2. The number of likely N-dealkylation sites (N-methyl/N-ethyl adjacent to an activating group) is 1. The van der Waals surface area contributed by atoms with Crippen molar-refractivity contribution in [3.63, 3.8) is 0 Å². The molecule has 0 saturated heterocycles. The van der Waals surface area contributed by atoms with Gasteiger partial charge in [0.05, 0.1) is 11.9 Å². The summed E-state index contributed by atoms with van der Waals surface area (Å²) < 4.78 is 35.5. The second kappa shape index (κ2) is 7.05. The second-order valence-electron chi connectivity index (χ2n) is 5.46. The van der Waals surface area contributed by atoms with E-state index in [-0.39, 0.29) is 19.2 Å². The van der Waals surface area contributed by atoms with Crippen LogP contribution < -0.4 is 19.1 Å². The van der Waals surface area contributed by atoms with Gasteiger partial charge < -0.3 is 19.7 Å². The maximum atomic E-state index is 12.0. The number of fused-ring (bicyclic) bond motifs is 1. The van der Waals surface area contributed by atoms with Crippen LogP contribution in [0.15, 0.2) is 18.2 Å². The van der Waals surface area contributed by atoms with Gasteiger partial charge in [0.25, 0.3) is 0 Å². The fourth-order valence-corrected chi connectivity index (χ4v) is 2.89. The molecule has 9 heteroatoms. The summed E-state index contributed by atoms with van der Waals surface area (Å²) in [5, 5.41) is 2.70.